The highest BCUT2D eigenvalue weighted by Gasteiger charge is 2.72. The molecular formula is C28H44F2N4O2SSi. The summed E-state index contributed by atoms with van der Waals surface area (Å²) in [4.78, 5) is 5.02. The second kappa shape index (κ2) is 10.0. The van der Waals surface area contributed by atoms with Gasteiger partial charge < -0.3 is 15.0 Å². The van der Waals surface area contributed by atoms with E-state index in [2.05, 4.69) is 41.1 Å². The van der Waals surface area contributed by atoms with Crippen LogP contribution in [0.15, 0.2) is 18.2 Å². The number of benzene rings is 1. The van der Waals surface area contributed by atoms with Crippen molar-refractivity contribution in [2.75, 3.05) is 6.61 Å². The molecule has 0 spiro atoms. The zero-order chi connectivity index (χ0) is 27.6. The first kappa shape index (κ1) is 28.3. The van der Waals surface area contributed by atoms with E-state index in [0.717, 1.165) is 41.3 Å². The molecule has 0 saturated heterocycles. The second-order valence-electron chi connectivity index (χ2n) is 14.0. The minimum Gasteiger partial charge on any atom is -0.361 e. The lowest BCUT2D eigenvalue weighted by Gasteiger charge is -2.29. The van der Waals surface area contributed by atoms with E-state index >= 15 is 0 Å². The summed E-state index contributed by atoms with van der Waals surface area (Å²) in [5.41, 5.74) is 9.39. The molecule has 0 radical (unpaired) electrons. The first-order chi connectivity index (χ1) is 17.7. The molecule has 212 valence electrons. The maximum absolute atomic E-state index is 14.1. The predicted octanol–water partition coefficient (Wildman–Crippen LogP) is 6.14. The van der Waals surface area contributed by atoms with Crippen molar-refractivity contribution in [3.8, 4) is 0 Å². The van der Waals surface area contributed by atoms with E-state index in [1.165, 1.54) is 0 Å². The maximum atomic E-state index is 14.1. The molecule has 1 unspecified atom stereocenters. The van der Waals surface area contributed by atoms with Crippen LogP contribution in [0.25, 0.3) is 11.0 Å². The van der Waals surface area contributed by atoms with Crippen molar-refractivity contribution in [2.45, 2.75) is 102 Å². The number of aromatic nitrogens is 2. The predicted molar refractivity (Wildman–Crippen MR) is 152 cm³/mol. The highest BCUT2D eigenvalue weighted by molar-refractivity contribution is 7.84. The standard InChI is InChI=1S/C28H44F2N4O2SSi/c1-27(2,3)37(35)33-25(19-13-20-21(14-19)28(20,29)30)26-32-22-10-9-18(24(31)17-7-8-17)15-23(22)34(26)16-36-11-12-38(4,5)6/h9-10,15,17,19-21,24-25,33H,7-8,11-14,16,31H2,1-6H3/t19?,20-,21+,24-,25+,37-/m1/s1. The monoisotopic (exact) mass is 566 g/mol. The Morgan fingerprint density at radius 1 is 1.21 bits per heavy atom. The molecule has 3 fully saturated rings. The Balaban J connectivity index is 1.51. The summed E-state index contributed by atoms with van der Waals surface area (Å²) in [5.74, 6) is -2.54. The third kappa shape index (κ3) is 5.80. The molecule has 0 aliphatic heterocycles. The Morgan fingerprint density at radius 2 is 1.87 bits per heavy atom. The Hall–Kier alpha value is -1.20. The molecule has 3 aliphatic rings. The number of halogens is 2. The van der Waals surface area contributed by atoms with E-state index in [9.17, 15) is 13.0 Å². The van der Waals surface area contributed by atoms with Crippen LogP contribution in [0.2, 0.25) is 25.7 Å². The van der Waals surface area contributed by atoms with Gasteiger partial charge in [-0.2, -0.15) is 0 Å². The van der Waals surface area contributed by atoms with Crippen LogP contribution in [0.1, 0.15) is 69.9 Å². The lowest BCUT2D eigenvalue weighted by Crippen LogP contribution is -2.40. The average molecular weight is 567 g/mol. The van der Waals surface area contributed by atoms with Crippen LogP contribution in [-0.4, -0.2) is 39.1 Å². The summed E-state index contributed by atoms with van der Waals surface area (Å²) in [6.45, 7) is 13.7. The molecule has 0 amide bonds. The van der Waals surface area contributed by atoms with Crippen molar-refractivity contribution in [1.29, 1.82) is 0 Å². The number of ether oxygens (including phenoxy) is 1. The fourth-order valence-corrected chi connectivity index (χ4v) is 7.42. The Morgan fingerprint density at radius 3 is 2.45 bits per heavy atom. The topological polar surface area (TPSA) is 82.2 Å². The van der Waals surface area contributed by atoms with Crippen LogP contribution in [0.5, 0.6) is 0 Å². The van der Waals surface area contributed by atoms with Crippen molar-refractivity contribution in [1.82, 2.24) is 14.3 Å². The van der Waals surface area contributed by atoms with Gasteiger partial charge in [0, 0.05) is 32.6 Å². The van der Waals surface area contributed by atoms with Gasteiger partial charge in [0.05, 0.1) is 32.8 Å². The van der Waals surface area contributed by atoms with Gasteiger partial charge in [-0.25, -0.2) is 22.7 Å². The maximum Gasteiger partial charge on any atom is 0.254 e. The molecule has 6 atom stereocenters. The van der Waals surface area contributed by atoms with Crippen molar-refractivity contribution >= 4 is 30.1 Å². The third-order valence-corrected chi connectivity index (χ3v) is 11.8. The quantitative estimate of drug-likeness (QED) is 0.253. The molecule has 2 aromatic rings. The van der Waals surface area contributed by atoms with Gasteiger partial charge in [-0.3, -0.25) is 0 Å². The van der Waals surface area contributed by atoms with Gasteiger partial charge in [-0.1, -0.05) is 25.7 Å². The van der Waals surface area contributed by atoms with Gasteiger partial charge in [0.1, 0.15) is 12.6 Å². The van der Waals surface area contributed by atoms with E-state index in [0.29, 0.717) is 32.1 Å². The van der Waals surface area contributed by atoms with Crippen molar-refractivity contribution in [2.24, 2.45) is 29.4 Å². The van der Waals surface area contributed by atoms with Gasteiger partial charge in [0.2, 0.25) is 0 Å². The van der Waals surface area contributed by atoms with Gasteiger partial charge >= 0.3 is 0 Å². The fourth-order valence-electron chi connectivity index (χ4n) is 5.78. The number of fused-ring (bicyclic) bond motifs is 2. The van der Waals surface area contributed by atoms with E-state index < -0.39 is 47.6 Å². The highest BCUT2D eigenvalue weighted by Crippen LogP contribution is 2.67. The summed E-state index contributed by atoms with van der Waals surface area (Å²) in [5, 5.41) is 0. The number of imidazole rings is 1. The van der Waals surface area contributed by atoms with E-state index in [-0.39, 0.29) is 12.0 Å². The minimum atomic E-state index is -2.56. The number of rotatable bonds is 11. The number of hydrogen-bond donors (Lipinski definition) is 2. The zero-order valence-electron chi connectivity index (χ0n) is 23.6. The Labute approximate surface area is 229 Å². The molecule has 38 heavy (non-hydrogen) atoms. The number of nitrogens with zero attached hydrogens (tertiary/aromatic N) is 2. The lowest BCUT2D eigenvalue weighted by molar-refractivity contribution is 0.0584. The molecule has 0 bridgehead atoms. The highest BCUT2D eigenvalue weighted by atomic mass is 32.2. The molecule has 1 aromatic heterocycles. The van der Waals surface area contributed by atoms with Crippen LogP contribution >= 0.6 is 0 Å². The van der Waals surface area contributed by atoms with Gasteiger partial charge in [-0.15, -0.1) is 0 Å². The molecule has 1 heterocycles. The van der Waals surface area contributed by atoms with Crippen molar-refractivity contribution < 1.29 is 17.7 Å². The molecule has 10 heteroatoms. The van der Waals surface area contributed by atoms with Crippen LogP contribution in [0, 0.1) is 23.7 Å². The van der Waals surface area contributed by atoms with Crippen LogP contribution < -0.4 is 10.5 Å². The van der Waals surface area contributed by atoms with E-state index in [1.807, 2.05) is 26.8 Å². The minimum absolute atomic E-state index is 0.00880. The lowest BCUT2D eigenvalue weighted by atomic mass is 9.94. The first-order valence-electron chi connectivity index (χ1n) is 14.1. The summed E-state index contributed by atoms with van der Waals surface area (Å²) in [6, 6.07) is 6.81. The SMILES string of the molecule is CC(C)(C)[S@@](=O)N[C@H](c1nc2ccc([C@H](N)C3CC3)cc2n1COCC[Si](C)(C)C)C1C[C@@H]2[C@H](C1)C2(F)F. The van der Waals surface area contributed by atoms with E-state index in [1.54, 1.807) is 0 Å². The number of nitrogens with one attached hydrogen (secondary N) is 1. The molecule has 3 saturated carbocycles. The van der Waals surface area contributed by atoms with Crippen LogP contribution in [0.4, 0.5) is 8.78 Å². The fraction of sp³-hybridized carbons (Fsp3) is 0.750. The normalized spacial score (nSPS) is 27.3. The number of hydrogen-bond acceptors (Lipinski definition) is 4. The zero-order valence-corrected chi connectivity index (χ0v) is 25.4. The second-order valence-corrected chi connectivity index (χ2v) is 21.6. The molecule has 1 aromatic carbocycles. The summed E-state index contributed by atoms with van der Waals surface area (Å²) >= 11 is 0. The Bertz CT molecular complexity index is 1190. The largest absolute Gasteiger partial charge is 0.361 e. The first-order valence-corrected chi connectivity index (χ1v) is 18.9. The molecular weight excluding hydrogens is 522 g/mol. The van der Waals surface area contributed by atoms with Crippen LogP contribution in [0.3, 0.4) is 0 Å². The molecule has 5 rings (SSSR count). The van der Waals surface area contributed by atoms with Crippen LogP contribution in [-0.2, 0) is 22.5 Å². The molecule has 3 N–H and O–H groups in total. The number of alkyl halides is 2. The third-order valence-electron chi connectivity index (χ3n) is 8.55. The smallest absolute Gasteiger partial charge is 0.254 e. The summed E-state index contributed by atoms with van der Waals surface area (Å²) in [6.07, 6.45) is 3.13. The number of nitrogens with two attached hydrogens (primary N) is 1. The van der Waals surface area contributed by atoms with Gasteiger partial charge in [-0.05, 0) is 82.0 Å². The summed E-state index contributed by atoms with van der Waals surface area (Å²) < 4.78 is 52.7. The van der Waals surface area contributed by atoms with Crippen molar-refractivity contribution in [3.63, 3.8) is 0 Å². The molecule has 6 nitrogen and oxygen atoms in total. The van der Waals surface area contributed by atoms with Gasteiger partial charge in [0.25, 0.3) is 5.92 Å². The Kier molecular flexibility index (Phi) is 7.46. The van der Waals surface area contributed by atoms with Crippen molar-refractivity contribution in [3.05, 3.63) is 29.6 Å². The average Bonchev–Trinajstić information content (AvgIpc) is 3.62. The summed E-state index contributed by atoms with van der Waals surface area (Å²) in [7, 11) is -2.65. The van der Waals surface area contributed by atoms with Gasteiger partial charge in [0.15, 0.2) is 0 Å². The molecule has 3 aliphatic carbocycles. The van der Waals surface area contributed by atoms with E-state index in [4.69, 9.17) is 15.5 Å².